The number of hydrogen-bond donors (Lipinski definition) is 1. The second kappa shape index (κ2) is 6.46. The van der Waals surface area contributed by atoms with Gasteiger partial charge >= 0.3 is 0 Å². The van der Waals surface area contributed by atoms with Gasteiger partial charge in [0, 0.05) is 25.4 Å². The molecule has 0 amide bonds. The van der Waals surface area contributed by atoms with Crippen molar-refractivity contribution in [2.45, 2.75) is 27.3 Å². The van der Waals surface area contributed by atoms with Gasteiger partial charge in [-0.15, -0.1) is 0 Å². The third kappa shape index (κ3) is 4.02. The van der Waals surface area contributed by atoms with Crippen LogP contribution in [0.2, 0.25) is 0 Å². The van der Waals surface area contributed by atoms with Crippen molar-refractivity contribution in [1.29, 1.82) is 0 Å². The standard InChI is InChI=1S/C16H23N3O/c1-12(2)11-20-15-7-5-6-14(9-15)10-17-16-8-13(3)19(4)18-16/h5-9,12H,10-11H2,1-4H3,(H,17,18). The fourth-order valence-corrected chi connectivity index (χ4v) is 1.85. The van der Waals surface area contributed by atoms with Crippen LogP contribution in [0.5, 0.6) is 5.75 Å². The fraction of sp³-hybridized carbons (Fsp3) is 0.438. The summed E-state index contributed by atoms with van der Waals surface area (Å²) in [5, 5.41) is 7.71. The van der Waals surface area contributed by atoms with Gasteiger partial charge in [0.25, 0.3) is 0 Å². The lowest BCUT2D eigenvalue weighted by Gasteiger charge is -2.10. The van der Waals surface area contributed by atoms with Crippen molar-refractivity contribution in [3.63, 3.8) is 0 Å². The maximum absolute atomic E-state index is 5.74. The average molecular weight is 273 g/mol. The molecule has 2 aromatic rings. The highest BCUT2D eigenvalue weighted by atomic mass is 16.5. The molecule has 1 aromatic heterocycles. The normalized spacial score (nSPS) is 10.8. The molecule has 0 aliphatic rings. The van der Waals surface area contributed by atoms with E-state index in [0.29, 0.717) is 5.92 Å². The summed E-state index contributed by atoms with van der Waals surface area (Å²) in [6, 6.07) is 10.2. The average Bonchev–Trinajstić information content (AvgIpc) is 2.74. The van der Waals surface area contributed by atoms with Crippen molar-refractivity contribution in [2.24, 2.45) is 13.0 Å². The van der Waals surface area contributed by atoms with Gasteiger partial charge in [-0.25, -0.2) is 0 Å². The molecule has 0 bridgehead atoms. The van der Waals surface area contributed by atoms with E-state index in [1.807, 2.05) is 36.9 Å². The van der Waals surface area contributed by atoms with Gasteiger partial charge in [0.05, 0.1) is 6.61 Å². The number of aromatic nitrogens is 2. The summed E-state index contributed by atoms with van der Waals surface area (Å²) in [6.45, 7) is 7.83. The van der Waals surface area contributed by atoms with E-state index in [4.69, 9.17) is 4.74 Å². The zero-order valence-electron chi connectivity index (χ0n) is 12.7. The number of nitrogens with one attached hydrogen (secondary N) is 1. The minimum absolute atomic E-state index is 0.535. The monoisotopic (exact) mass is 273 g/mol. The molecule has 0 aliphatic heterocycles. The molecule has 0 radical (unpaired) electrons. The summed E-state index contributed by atoms with van der Waals surface area (Å²) < 4.78 is 7.60. The lowest BCUT2D eigenvalue weighted by atomic mass is 10.2. The van der Waals surface area contributed by atoms with Gasteiger partial charge in [-0.1, -0.05) is 26.0 Å². The molecule has 4 nitrogen and oxygen atoms in total. The summed E-state index contributed by atoms with van der Waals surface area (Å²) >= 11 is 0. The molecule has 0 atom stereocenters. The van der Waals surface area contributed by atoms with Crippen molar-refractivity contribution < 1.29 is 4.74 Å². The highest BCUT2D eigenvalue weighted by molar-refractivity contribution is 5.38. The summed E-state index contributed by atoms with van der Waals surface area (Å²) in [7, 11) is 1.95. The highest BCUT2D eigenvalue weighted by Gasteiger charge is 2.02. The van der Waals surface area contributed by atoms with Crippen LogP contribution >= 0.6 is 0 Å². The Morgan fingerprint density at radius 2 is 2.10 bits per heavy atom. The first-order valence-corrected chi connectivity index (χ1v) is 7.01. The van der Waals surface area contributed by atoms with E-state index < -0.39 is 0 Å². The van der Waals surface area contributed by atoms with E-state index in [9.17, 15) is 0 Å². The number of rotatable bonds is 6. The molecular formula is C16H23N3O. The summed E-state index contributed by atoms with van der Waals surface area (Å²) in [6.07, 6.45) is 0. The molecule has 0 saturated heterocycles. The summed E-state index contributed by atoms with van der Waals surface area (Å²) in [5.41, 5.74) is 2.33. The van der Waals surface area contributed by atoms with Crippen LogP contribution in [0, 0.1) is 12.8 Å². The van der Waals surface area contributed by atoms with E-state index in [1.165, 1.54) is 5.56 Å². The number of nitrogens with zero attached hydrogens (tertiary/aromatic N) is 2. The van der Waals surface area contributed by atoms with E-state index in [1.54, 1.807) is 0 Å². The Balaban J connectivity index is 1.94. The topological polar surface area (TPSA) is 39.1 Å². The van der Waals surface area contributed by atoms with Gasteiger partial charge in [-0.05, 0) is 30.5 Å². The van der Waals surface area contributed by atoms with E-state index in [2.05, 4.69) is 36.4 Å². The molecule has 4 heteroatoms. The summed E-state index contributed by atoms with van der Waals surface area (Å²) in [5.74, 6) is 2.36. The van der Waals surface area contributed by atoms with Crippen LogP contribution in [-0.4, -0.2) is 16.4 Å². The van der Waals surface area contributed by atoms with Gasteiger partial charge in [-0.2, -0.15) is 5.10 Å². The molecule has 1 aromatic carbocycles. The van der Waals surface area contributed by atoms with Crippen LogP contribution in [0.1, 0.15) is 25.1 Å². The zero-order valence-corrected chi connectivity index (χ0v) is 12.7. The Labute approximate surface area is 120 Å². The highest BCUT2D eigenvalue weighted by Crippen LogP contribution is 2.16. The van der Waals surface area contributed by atoms with Crippen molar-refractivity contribution >= 4 is 5.82 Å². The second-order valence-corrected chi connectivity index (χ2v) is 5.50. The van der Waals surface area contributed by atoms with Gasteiger partial charge in [0.1, 0.15) is 11.6 Å². The number of anilines is 1. The Morgan fingerprint density at radius 1 is 1.30 bits per heavy atom. The quantitative estimate of drug-likeness (QED) is 0.877. The predicted octanol–water partition coefficient (Wildman–Crippen LogP) is 3.38. The van der Waals surface area contributed by atoms with E-state index >= 15 is 0 Å². The summed E-state index contributed by atoms with van der Waals surface area (Å²) in [4.78, 5) is 0. The zero-order chi connectivity index (χ0) is 14.5. The molecule has 1 N–H and O–H groups in total. The van der Waals surface area contributed by atoms with Crippen molar-refractivity contribution in [3.05, 3.63) is 41.6 Å². The van der Waals surface area contributed by atoms with Crippen molar-refractivity contribution in [2.75, 3.05) is 11.9 Å². The van der Waals surface area contributed by atoms with Crippen LogP contribution in [0.15, 0.2) is 30.3 Å². The van der Waals surface area contributed by atoms with Gasteiger partial charge in [0.15, 0.2) is 0 Å². The molecule has 0 unspecified atom stereocenters. The van der Waals surface area contributed by atoms with Crippen LogP contribution in [-0.2, 0) is 13.6 Å². The Morgan fingerprint density at radius 3 is 2.75 bits per heavy atom. The van der Waals surface area contributed by atoms with Crippen LogP contribution < -0.4 is 10.1 Å². The van der Waals surface area contributed by atoms with Crippen molar-refractivity contribution in [1.82, 2.24) is 9.78 Å². The molecule has 1 heterocycles. The predicted molar refractivity (Wildman–Crippen MR) is 82.0 cm³/mol. The molecular weight excluding hydrogens is 250 g/mol. The smallest absolute Gasteiger partial charge is 0.148 e. The van der Waals surface area contributed by atoms with Gasteiger partial charge < -0.3 is 10.1 Å². The number of hydrogen-bond acceptors (Lipinski definition) is 3. The van der Waals surface area contributed by atoms with Crippen molar-refractivity contribution in [3.8, 4) is 5.75 Å². The number of aryl methyl sites for hydroxylation is 2. The maximum Gasteiger partial charge on any atom is 0.148 e. The first kappa shape index (κ1) is 14.4. The molecule has 108 valence electrons. The lowest BCUT2D eigenvalue weighted by Crippen LogP contribution is -2.05. The molecule has 20 heavy (non-hydrogen) atoms. The largest absolute Gasteiger partial charge is 0.493 e. The first-order chi connectivity index (χ1) is 9.54. The fourth-order valence-electron chi connectivity index (χ4n) is 1.85. The molecule has 0 spiro atoms. The molecule has 0 saturated carbocycles. The molecule has 2 rings (SSSR count). The van der Waals surface area contributed by atoms with Crippen LogP contribution in [0.3, 0.4) is 0 Å². The van der Waals surface area contributed by atoms with Gasteiger partial charge in [-0.3, -0.25) is 4.68 Å². The third-order valence-electron chi connectivity index (χ3n) is 3.07. The Hall–Kier alpha value is -1.97. The lowest BCUT2D eigenvalue weighted by molar-refractivity contribution is 0.271. The molecule has 0 fully saturated rings. The van der Waals surface area contributed by atoms with Crippen LogP contribution in [0.4, 0.5) is 5.82 Å². The minimum Gasteiger partial charge on any atom is -0.493 e. The van der Waals surface area contributed by atoms with E-state index in [0.717, 1.165) is 30.4 Å². The van der Waals surface area contributed by atoms with Gasteiger partial charge in [0.2, 0.25) is 0 Å². The number of benzene rings is 1. The maximum atomic E-state index is 5.74. The first-order valence-electron chi connectivity index (χ1n) is 7.01. The SMILES string of the molecule is Cc1cc(NCc2cccc(OCC(C)C)c2)nn1C. The number of ether oxygens (including phenoxy) is 1. The van der Waals surface area contributed by atoms with Crippen LogP contribution in [0.25, 0.3) is 0 Å². The Bertz CT molecular complexity index is 541. The molecule has 0 aliphatic carbocycles. The second-order valence-electron chi connectivity index (χ2n) is 5.50. The third-order valence-corrected chi connectivity index (χ3v) is 3.07. The Kier molecular flexibility index (Phi) is 4.66. The van der Waals surface area contributed by atoms with E-state index in [-0.39, 0.29) is 0 Å². The minimum atomic E-state index is 0.535.